The van der Waals surface area contributed by atoms with Crippen molar-refractivity contribution < 1.29 is 24.2 Å². The number of hydrogen-bond acceptors (Lipinski definition) is 7. The minimum absolute atomic E-state index is 0.0805. The number of hydrogen-bond donors (Lipinski definition) is 1. The van der Waals surface area contributed by atoms with Crippen LogP contribution in [0.3, 0.4) is 0 Å². The minimum atomic E-state index is -0.904. The fraction of sp³-hybridized carbons (Fsp3) is 0.500. The highest BCUT2D eigenvalue weighted by Gasteiger charge is 2.76. The van der Waals surface area contributed by atoms with E-state index >= 15 is 4.79 Å². The van der Waals surface area contributed by atoms with Gasteiger partial charge in [0.1, 0.15) is 6.04 Å². The van der Waals surface area contributed by atoms with Crippen molar-refractivity contribution in [2.24, 2.45) is 11.8 Å². The fourth-order valence-electron chi connectivity index (χ4n) is 7.84. The second kappa shape index (κ2) is 16.1. The van der Waals surface area contributed by atoms with Crippen molar-refractivity contribution in [2.45, 2.75) is 72.9 Å². The third-order valence-corrected chi connectivity index (χ3v) is 13.3. The van der Waals surface area contributed by atoms with E-state index in [0.29, 0.717) is 24.9 Å². The number of allylic oxidation sites excluding steroid dienone is 1. The first-order valence-electron chi connectivity index (χ1n) is 17.1. The third kappa shape index (κ3) is 6.85. The molecule has 3 saturated heterocycles. The molecule has 5 rings (SSSR count). The molecular formula is C38H48BrN3O5S. The zero-order chi connectivity index (χ0) is 34.4. The number of esters is 1. The Balaban J connectivity index is 1.54. The summed E-state index contributed by atoms with van der Waals surface area (Å²) in [5.74, 6) is -2.32. The van der Waals surface area contributed by atoms with Crippen LogP contribution in [0, 0.1) is 11.8 Å². The van der Waals surface area contributed by atoms with E-state index in [4.69, 9.17) is 4.74 Å². The predicted octanol–water partition coefficient (Wildman–Crippen LogP) is 6.02. The van der Waals surface area contributed by atoms with E-state index in [1.807, 2.05) is 60.7 Å². The fourth-order valence-corrected chi connectivity index (χ4v) is 11.4. The first-order valence-corrected chi connectivity index (χ1v) is 18.9. The van der Waals surface area contributed by atoms with E-state index in [0.717, 1.165) is 37.2 Å². The summed E-state index contributed by atoms with van der Waals surface area (Å²) in [6, 6.07) is 16.0. The van der Waals surface area contributed by atoms with E-state index in [9.17, 15) is 14.7 Å². The van der Waals surface area contributed by atoms with Crippen molar-refractivity contribution in [2.75, 3.05) is 42.6 Å². The quantitative estimate of drug-likeness (QED) is 0.0920. The van der Waals surface area contributed by atoms with E-state index in [1.165, 1.54) is 0 Å². The summed E-state index contributed by atoms with van der Waals surface area (Å²) in [6.07, 6.45) is 6.88. The Bertz CT molecular complexity index is 1450. The highest BCUT2D eigenvalue weighted by Crippen LogP contribution is 2.68. The van der Waals surface area contributed by atoms with Crippen molar-refractivity contribution in [3.8, 4) is 0 Å². The molecule has 48 heavy (non-hydrogen) atoms. The normalized spacial score (nSPS) is 26.2. The molecule has 2 amide bonds. The van der Waals surface area contributed by atoms with Gasteiger partial charge in [-0.1, -0.05) is 58.4 Å². The molecule has 2 aromatic rings. The van der Waals surface area contributed by atoms with Gasteiger partial charge in [0.2, 0.25) is 5.91 Å². The smallest absolute Gasteiger partial charge is 0.310 e. The molecule has 3 heterocycles. The molecule has 0 aliphatic carbocycles. The minimum Gasteiger partial charge on any atom is -0.465 e. The average molecular weight is 739 g/mol. The maximum absolute atomic E-state index is 15.1. The molecule has 7 atom stereocenters. The van der Waals surface area contributed by atoms with Gasteiger partial charge in [-0.2, -0.15) is 0 Å². The summed E-state index contributed by atoms with van der Waals surface area (Å²) in [6.45, 7) is 13.8. The Labute approximate surface area is 297 Å². The molecule has 3 aliphatic rings. The number of alkyl halides is 1. The maximum Gasteiger partial charge on any atom is 0.310 e. The van der Waals surface area contributed by atoms with Gasteiger partial charge in [-0.25, -0.2) is 0 Å². The van der Waals surface area contributed by atoms with Crippen molar-refractivity contribution >= 4 is 56.9 Å². The van der Waals surface area contributed by atoms with Gasteiger partial charge >= 0.3 is 5.97 Å². The third-order valence-electron chi connectivity index (χ3n) is 10.1. The number of unbranched alkanes of at least 4 members (excludes halogenated alkanes) is 2. The molecule has 3 fully saturated rings. The second-order valence-electron chi connectivity index (χ2n) is 12.8. The summed E-state index contributed by atoms with van der Waals surface area (Å²) in [5, 5.41) is 10.6. The predicted molar refractivity (Wildman–Crippen MR) is 198 cm³/mol. The zero-order valence-corrected chi connectivity index (χ0v) is 30.4. The Hall–Kier alpha value is -3.08. The van der Waals surface area contributed by atoms with Crippen LogP contribution >= 0.6 is 27.7 Å². The van der Waals surface area contributed by atoms with Crippen molar-refractivity contribution in [1.29, 1.82) is 0 Å². The van der Waals surface area contributed by atoms with E-state index in [-0.39, 0.29) is 47.6 Å². The van der Waals surface area contributed by atoms with Crippen LogP contribution in [0.25, 0.3) is 0 Å². The van der Waals surface area contributed by atoms with Gasteiger partial charge in [0.25, 0.3) is 5.91 Å². The standard InChI is InChI=1S/C38H48BrN3O5S/c1-5-9-10-14-22-47-37(46)31-32-35(44)42(29(25-43)23-26-15-12-11-13-16-26)34(38(32)24-30(39)33(31)48-38)36(45)41(21-6-2)28-19-17-27(18-20-28)40(7-3)8-4/h5-6,11-13,15-20,29-34,43H,1-2,7-10,14,21-25H2,3-4H3/t29-,30?,31+,32+,33+,34?,38?/m1/s1. The molecule has 2 aromatic carbocycles. The second-order valence-corrected chi connectivity index (χ2v) is 15.5. The summed E-state index contributed by atoms with van der Waals surface area (Å²) < 4.78 is 4.93. The van der Waals surface area contributed by atoms with Crippen LogP contribution < -0.4 is 9.80 Å². The summed E-state index contributed by atoms with van der Waals surface area (Å²) in [5.41, 5.74) is 2.72. The first-order chi connectivity index (χ1) is 23.3. The number of anilines is 2. The molecule has 10 heteroatoms. The molecule has 258 valence electrons. The summed E-state index contributed by atoms with van der Waals surface area (Å²) in [7, 11) is 0. The van der Waals surface area contributed by atoms with Gasteiger partial charge in [-0.3, -0.25) is 14.4 Å². The molecule has 3 aliphatic heterocycles. The lowest BCUT2D eigenvalue weighted by Crippen LogP contribution is -2.58. The van der Waals surface area contributed by atoms with Crippen molar-refractivity contribution in [3.05, 3.63) is 85.5 Å². The van der Waals surface area contributed by atoms with Crippen molar-refractivity contribution in [3.63, 3.8) is 0 Å². The maximum atomic E-state index is 15.1. The molecule has 0 aromatic heterocycles. The number of rotatable bonds is 17. The molecule has 0 saturated carbocycles. The Morgan fingerprint density at radius 3 is 2.40 bits per heavy atom. The molecule has 1 spiro atoms. The van der Waals surface area contributed by atoms with Gasteiger partial charge < -0.3 is 24.5 Å². The Morgan fingerprint density at radius 2 is 1.77 bits per heavy atom. The number of carbonyl (C=O) groups is 3. The number of benzene rings is 2. The molecule has 1 N–H and O–H groups in total. The number of nitrogens with zero attached hydrogens (tertiary/aromatic N) is 3. The highest BCUT2D eigenvalue weighted by molar-refractivity contribution is 9.09. The zero-order valence-electron chi connectivity index (χ0n) is 28.0. The first kappa shape index (κ1) is 36.2. The van der Waals surface area contributed by atoms with Gasteiger partial charge in [0.15, 0.2) is 0 Å². The van der Waals surface area contributed by atoms with Crippen LogP contribution in [0.15, 0.2) is 79.9 Å². The number of carbonyl (C=O) groups excluding carboxylic acids is 3. The number of aliphatic hydroxyl groups is 1. The van der Waals surface area contributed by atoms with Crippen LogP contribution in [-0.2, 0) is 25.5 Å². The van der Waals surface area contributed by atoms with Gasteiger partial charge in [0.05, 0.1) is 35.8 Å². The lowest BCUT2D eigenvalue weighted by Gasteiger charge is -2.40. The van der Waals surface area contributed by atoms with E-state index in [1.54, 1.807) is 27.6 Å². The SMILES string of the molecule is C=CCCCCOC(=O)[C@H]1[C@H]2C(=O)N([C@@H](CO)Cc3ccccc3)C(C(=O)N(CC=C)c3ccc(N(CC)CC)cc3)C23CC(Br)[C@@H]1S3. The van der Waals surface area contributed by atoms with Gasteiger partial charge in [-0.05, 0) is 75.8 Å². The number of thioether (sulfide) groups is 1. The van der Waals surface area contributed by atoms with E-state index in [2.05, 4.69) is 47.8 Å². The molecule has 0 radical (unpaired) electrons. The largest absolute Gasteiger partial charge is 0.465 e. The van der Waals surface area contributed by atoms with Crippen LogP contribution in [0.5, 0.6) is 0 Å². The molecular weight excluding hydrogens is 690 g/mol. The number of likely N-dealkylation sites (tertiary alicyclic amines) is 1. The molecule has 2 bridgehead atoms. The Kier molecular flexibility index (Phi) is 12.1. The van der Waals surface area contributed by atoms with Crippen LogP contribution in [0.1, 0.15) is 45.1 Å². The lowest BCUT2D eigenvalue weighted by atomic mass is 9.71. The summed E-state index contributed by atoms with van der Waals surface area (Å²) in [4.78, 5) is 49.2. The number of amides is 2. The van der Waals surface area contributed by atoms with Crippen LogP contribution in [-0.4, -0.2) is 87.5 Å². The van der Waals surface area contributed by atoms with E-state index < -0.39 is 28.7 Å². The average Bonchev–Trinajstić information content (AvgIpc) is 3.70. The van der Waals surface area contributed by atoms with Gasteiger partial charge in [0, 0.05) is 41.1 Å². The Morgan fingerprint density at radius 1 is 1.08 bits per heavy atom. The lowest BCUT2D eigenvalue weighted by molar-refractivity contribution is -0.154. The topological polar surface area (TPSA) is 90.4 Å². The number of fused-ring (bicyclic) bond motifs is 1. The van der Waals surface area contributed by atoms with Gasteiger partial charge in [-0.15, -0.1) is 24.9 Å². The molecule has 3 unspecified atom stereocenters. The summed E-state index contributed by atoms with van der Waals surface area (Å²) >= 11 is 5.42. The number of ether oxygens (including phenoxy) is 1. The van der Waals surface area contributed by atoms with Crippen LogP contribution in [0.4, 0.5) is 11.4 Å². The van der Waals surface area contributed by atoms with Crippen molar-refractivity contribution in [1.82, 2.24) is 4.90 Å². The number of aliphatic hydroxyl groups excluding tert-OH is 1. The van der Waals surface area contributed by atoms with Crippen LogP contribution in [0.2, 0.25) is 0 Å². The highest BCUT2D eigenvalue weighted by atomic mass is 79.9. The molecule has 8 nitrogen and oxygen atoms in total. The monoisotopic (exact) mass is 737 g/mol. The number of halogens is 1.